The van der Waals surface area contributed by atoms with Gasteiger partial charge >= 0.3 is 0 Å². The third-order valence-electron chi connectivity index (χ3n) is 2.55. The fraction of sp³-hybridized carbons (Fsp3) is 0.333. The Balaban J connectivity index is 2.48. The van der Waals surface area contributed by atoms with Crippen molar-refractivity contribution >= 4 is 49.4 Å². The molecule has 1 nitrogen and oxygen atoms in total. The molecule has 15 heavy (non-hydrogen) atoms. The molecule has 0 unspecified atom stereocenters. The van der Waals surface area contributed by atoms with Gasteiger partial charge < -0.3 is 4.57 Å². The van der Waals surface area contributed by atoms with Crippen molar-refractivity contribution in [2.24, 2.45) is 0 Å². The van der Waals surface area contributed by atoms with Gasteiger partial charge in [-0.25, -0.2) is 0 Å². The van der Waals surface area contributed by atoms with Crippen molar-refractivity contribution in [3.63, 3.8) is 0 Å². The molecule has 80 valence electrons. The van der Waals surface area contributed by atoms with Gasteiger partial charge in [0.1, 0.15) is 0 Å². The predicted molar refractivity (Wildman–Crippen MR) is 77.3 cm³/mol. The Hall–Kier alpha value is -0.0300. The number of halogens is 2. The second-order valence-electron chi connectivity index (χ2n) is 3.69. The number of benzene rings is 1. The van der Waals surface area contributed by atoms with E-state index in [1.165, 1.54) is 27.3 Å². The number of aromatic nitrogens is 1. The van der Waals surface area contributed by atoms with E-state index in [4.69, 9.17) is 0 Å². The summed E-state index contributed by atoms with van der Waals surface area (Å²) < 4.78 is 4.84. The van der Waals surface area contributed by atoms with Crippen LogP contribution in [0.25, 0.3) is 10.9 Å². The number of fused-ring (bicyclic) bond motifs is 1. The first-order valence-electron chi connectivity index (χ1n) is 5.16. The maximum Gasteiger partial charge on any atom is 0.0492 e. The minimum atomic E-state index is 1.12. The lowest BCUT2D eigenvalue weighted by Gasteiger charge is -2.03. The van der Waals surface area contributed by atoms with Crippen LogP contribution >= 0.6 is 38.5 Å². The second-order valence-corrected chi connectivity index (χ2v) is 5.76. The van der Waals surface area contributed by atoms with Crippen LogP contribution in [0.5, 0.6) is 0 Å². The molecule has 1 aromatic carbocycles. The topological polar surface area (TPSA) is 4.93 Å². The highest BCUT2D eigenvalue weighted by molar-refractivity contribution is 14.1. The largest absolute Gasteiger partial charge is 0.346 e. The molecule has 1 heterocycles. The van der Waals surface area contributed by atoms with Gasteiger partial charge in [0.25, 0.3) is 0 Å². The number of nitrogens with zero attached hydrogens (tertiary/aromatic N) is 1. The van der Waals surface area contributed by atoms with Gasteiger partial charge in [0.2, 0.25) is 0 Å². The van der Waals surface area contributed by atoms with Crippen LogP contribution in [-0.4, -0.2) is 4.57 Å². The molecule has 0 N–H and O–H groups in total. The van der Waals surface area contributed by atoms with E-state index in [0.717, 1.165) is 11.0 Å². The van der Waals surface area contributed by atoms with E-state index in [1.54, 1.807) is 0 Å². The fourth-order valence-corrected chi connectivity index (χ4v) is 2.87. The molecule has 1 aromatic heterocycles. The molecule has 0 aliphatic heterocycles. The molecule has 0 saturated heterocycles. The Kier molecular flexibility index (Phi) is 3.72. The Labute approximate surface area is 112 Å². The first-order chi connectivity index (χ1) is 7.22. The van der Waals surface area contributed by atoms with Crippen LogP contribution in [0.4, 0.5) is 0 Å². The summed E-state index contributed by atoms with van der Waals surface area (Å²) in [7, 11) is 0. The molecular formula is C12H13BrIN. The minimum absolute atomic E-state index is 1.12. The van der Waals surface area contributed by atoms with Gasteiger partial charge in [-0.1, -0.05) is 29.3 Å². The van der Waals surface area contributed by atoms with E-state index in [9.17, 15) is 0 Å². The van der Waals surface area contributed by atoms with Gasteiger partial charge in [0, 0.05) is 31.7 Å². The smallest absolute Gasteiger partial charge is 0.0492 e. The molecule has 0 aliphatic carbocycles. The third-order valence-corrected chi connectivity index (χ3v) is 3.90. The lowest BCUT2D eigenvalue weighted by molar-refractivity contribution is 0.649. The molecule has 0 amide bonds. The van der Waals surface area contributed by atoms with Gasteiger partial charge in [0.15, 0.2) is 0 Å². The Morgan fingerprint density at radius 1 is 1.40 bits per heavy atom. The Bertz CT molecular complexity index is 476. The lowest BCUT2D eigenvalue weighted by atomic mass is 10.2. The van der Waals surface area contributed by atoms with E-state index in [1.807, 2.05) is 0 Å². The summed E-state index contributed by atoms with van der Waals surface area (Å²) >= 11 is 5.92. The minimum Gasteiger partial charge on any atom is -0.346 e. The van der Waals surface area contributed by atoms with Gasteiger partial charge in [-0.2, -0.15) is 0 Å². The van der Waals surface area contributed by atoms with Crippen LogP contribution in [0, 0.1) is 3.57 Å². The summed E-state index contributed by atoms with van der Waals surface area (Å²) in [4.78, 5) is 0. The summed E-state index contributed by atoms with van der Waals surface area (Å²) in [6.45, 7) is 3.35. The van der Waals surface area contributed by atoms with Crippen LogP contribution in [0.15, 0.2) is 28.9 Å². The highest BCUT2D eigenvalue weighted by Gasteiger charge is 2.05. The summed E-state index contributed by atoms with van der Waals surface area (Å²) in [6, 6.07) is 6.50. The fourth-order valence-electron chi connectivity index (χ4n) is 1.74. The van der Waals surface area contributed by atoms with E-state index < -0.39 is 0 Å². The number of aryl methyl sites for hydroxylation is 1. The van der Waals surface area contributed by atoms with Gasteiger partial charge in [-0.3, -0.25) is 0 Å². The number of rotatable bonds is 3. The van der Waals surface area contributed by atoms with E-state index >= 15 is 0 Å². The number of hydrogen-bond acceptors (Lipinski definition) is 0. The summed E-state index contributed by atoms with van der Waals surface area (Å²) in [5.74, 6) is 0. The molecule has 2 aromatic rings. The average Bonchev–Trinajstić information content (AvgIpc) is 2.53. The maximum atomic E-state index is 3.52. The predicted octanol–water partition coefficient (Wildman–Crippen LogP) is 4.81. The Morgan fingerprint density at radius 2 is 2.20 bits per heavy atom. The summed E-state index contributed by atoms with van der Waals surface area (Å²) in [5.41, 5.74) is 1.34. The summed E-state index contributed by atoms with van der Waals surface area (Å²) in [6.07, 6.45) is 4.73. The average molecular weight is 378 g/mol. The molecule has 0 spiro atoms. The first-order valence-corrected chi connectivity index (χ1v) is 7.03. The van der Waals surface area contributed by atoms with E-state index in [2.05, 4.69) is 74.4 Å². The SMILES string of the molecule is CCCCn1cc(I)c2cc(Br)ccc21. The molecule has 0 bridgehead atoms. The van der Waals surface area contributed by atoms with Gasteiger partial charge in [0.05, 0.1) is 0 Å². The van der Waals surface area contributed by atoms with Crippen molar-refractivity contribution < 1.29 is 0 Å². The summed E-state index contributed by atoms with van der Waals surface area (Å²) in [5, 5.41) is 1.35. The van der Waals surface area contributed by atoms with E-state index in [-0.39, 0.29) is 0 Å². The van der Waals surface area contributed by atoms with Crippen molar-refractivity contribution in [2.75, 3.05) is 0 Å². The second kappa shape index (κ2) is 4.87. The van der Waals surface area contributed by atoms with Crippen LogP contribution in [0.1, 0.15) is 19.8 Å². The van der Waals surface area contributed by atoms with Crippen molar-refractivity contribution in [3.05, 3.63) is 32.4 Å². The molecule has 0 atom stereocenters. The van der Waals surface area contributed by atoms with E-state index in [0.29, 0.717) is 0 Å². The molecule has 0 radical (unpaired) electrons. The van der Waals surface area contributed by atoms with Gasteiger partial charge in [-0.05, 0) is 47.2 Å². The standard InChI is InChI=1S/C12H13BrIN/c1-2-3-6-15-8-11(14)10-7-9(13)4-5-12(10)15/h4-5,7-8H,2-3,6H2,1H3. The highest BCUT2D eigenvalue weighted by atomic mass is 127. The quantitative estimate of drug-likeness (QED) is 0.676. The van der Waals surface area contributed by atoms with Crippen LogP contribution < -0.4 is 0 Å². The molecule has 2 rings (SSSR count). The Morgan fingerprint density at radius 3 is 2.93 bits per heavy atom. The van der Waals surface area contributed by atoms with Crippen LogP contribution in [0.2, 0.25) is 0 Å². The molecule has 0 fully saturated rings. The zero-order valence-corrected chi connectivity index (χ0v) is 12.4. The van der Waals surface area contributed by atoms with Crippen LogP contribution in [0.3, 0.4) is 0 Å². The van der Waals surface area contributed by atoms with Crippen molar-refractivity contribution in [3.8, 4) is 0 Å². The zero-order valence-electron chi connectivity index (χ0n) is 8.63. The molecular weight excluding hydrogens is 365 g/mol. The zero-order chi connectivity index (χ0) is 10.8. The van der Waals surface area contributed by atoms with Crippen molar-refractivity contribution in [1.29, 1.82) is 0 Å². The van der Waals surface area contributed by atoms with Gasteiger partial charge in [-0.15, -0.1) is 0 Å². The number of hydrogen-bond donors (Lipinski definition) is 0. The maximum absolute atomic E-state index is 3.52. The first kappa shape index (κ1) is 11.5. The number of unbranched alkanes of at least 4 members (excludes halogenated alkanes) is 1. The van der Waals surface area contributed by atoms with Crippen molar-refractivity contribution in [1.82, 2.24) is 4.57 Å². The molecule has 0 aliphatic rings. The monoisotopic (exact) mass is 377 g/mol. The molecule has 0 saturated carbocycles. The lowest BCUT2D eigenvalue weighted by Crippen LogP contribution is -1.94. The highest BCUT2D eigenvalue weighted by Crippen LogP contribution is 2.26. The third kappa shape index (κ3) is 2.38. The normalized spacial score (nSPS) is 11.1. The van der Waals surface area contributed by atoms with Crippen molar-refractivity contribution in [2.45, 2.75) is 26.3 Å². The molecule has 3 heteroatoms. The van der Waals surface area contributed by atoms with Crippen LogP contribution in [-0.2, 0) is 6.54 Å².